The van der Waals surface area contributed by atoms with Gasteiger partial charge in [0.15, 0.2) is 5.82 Å². The lowest BCUT2D eigenvalue weighted by Gasteiger charge is -2.09. The topological polar surface area (TPSA) is 114 Å². The van der Waals surface area contributed by atoms with Gasteiger partial charge >= 0.3 is 0 Å². The number of ether oxygens (including phenoxy) is 3. The Morgan fingerprint density at radius 2 is 1.62 bits per heavy atom. The van der Waals surface area contributed by atoms with Gasteiger partial charge in [-0.2, -0.15) is 0 Å². The Balaban J connectivity index is 1.36. The summed E-state index contributed by atoms with van der Waals surface area (Å²) in [6, 6.07) is 15.3. The number of carbonyl (C=O) groups excluding carboxylic acids is 1. The zero-order valence-electron chi connectivity index (χ0n) is 19.7. The zero-order valence-corrected chi connectivity index (χ0v) is 20.5. The second-order valence-corrected chi connectivity index (χ2v) is 8.62. The lowest BCUT2D eigenvalue weighted by Crippen LogP contribution is -2.29. The van der Waals surface area contributed by atoms with E-state index in [4.69, 9.17) is 20.1 Å². The summed E-state index contributed by atoms with van der Waals surface area (Å²) in [5.74, 6) is 9.25. The van der Waals surface area contributed by atoms with E-state index in [0.717, 1.165) is 11.5 Å². The Bertz CT molecular complexity index is 1040. The van der Waals surface area contributed by atoms with Crippen LogP contribution >= 0.6 is 11.8 Å². The highest BCUT2D eigenvalue weighted by atomic mass is 32.2. The Kier molecular flexibility index (Phi) is 9.45. The third-order valence-electron chi connectivity index (χ3n) is 4.81. The fourth-order valence-electron chi connectivity index (χ4n) is 2.94. The minimum atomic E-state index is -0.147. The third kappa shape index (κ3) is 7.58. The van der Waals surface area contributed by atoms with Crippen molar-refractivity contribution < 1.29 is 19.0 Å². The summed E-state index contributed by atoms with van der Waals surface area (Å²) < 4.78 is 18.1. The molecule has 0 fully saturated rings. The highest BCUT2D eigenvalue weighted by Crippen LogP contribution is 2.20. The molecule has 0 aliphatic rings. The standard InChI is InChI=1S/C24H31N5O4S/c1-4-31-19-9-11-20(12-10-19)32-14-13-26-23(30)16-34-24-28-27-22(29(24)25)15-33-21-7-5-18(6-8-21)17(2)3/h5-12,17H,4,13-16,25H2,1-3H3,(H,26,30). The highest BCUT2D eigenvalue weighted by Gasteiger charge is 2.13. The fraction of sp³-hybridized carbons (Fsp3) is 0.375. The maximum atomic E-state index is 12.1. The van der Waals surface area contributed by atoms with Crippen LogP contribution in [0.2, 0.25) is 0 Å². The van der Waals surface area contributed by atoms with Crippen molar-refractivity contribution in [2.75, 3.05) is 31.4 Å². The quantitative estimate of drug-likeness (QED) is 0.215. The summed E-state index contributed by atoms with van der Waals surface area (Å²) >= 11 is 1.21. The van der Waals surface area contributed by atoms with Crippen LogP contribution in [0.4, 0.5) is 0 Å². The molecule has 10 heteroatoms. The Morgan fingerprint density at radius 3 is 2.26 bits per heavy atom. The van der Waals surface area contributed by atoms with E-state index in [9.17, 15) is 4.79 Å². The predicted octanol–water partition coefficient (Wildman–Crippen LogP) is 3.38. The molecular weight excluding hydrogens is 454 g/mol. The van der Waals surface area contributed by atoms with Gasteiger partial charge in [0.05, 0.1) is 18.9 Å². The SMILES string of the molecule is CCOc1ccc(OCCNC(=O)CSc2nnc(COc3ccc(C(C)C)cc3)n2N)cc1. The van der Waals surface area contributed by atoms with E-state index in [2.05, 4.69) is 29.4 Å². The molecule has 34 heavy (non-hydrogen) atoms. The van der Waals surface area contributed by atoms with Crippen molar-refractivity contribution in [3.05, 3.63) is 59.9 Å². The molecule has 3 rings (SSSR count). The van der Waals surface area contributed by atoms with Gasteiger partial charge in [-0.25, -0.2) is 4.68 Å². The van der Waals surface area contributed by atoms with Gasteiger partial charge in [-0.15, -0.1) is 10.2 Å². The summed E-state index contributed by atoms with van der Waals surface area (Å²) in [6.07, 6.45) is 0. The first-order valence-corrected chi connectivity index (χ1v) is 12.1. The number of nitrogen functional groups attached to an aromatic ring is 1. The molecule has 3 N–H and O–H groups in total. The molecule has 0 atom stereocenters. The largest absolute Gasteiger partial charge is 0.494 e. The zero-order chi connectivity index (χ0) is 24.3. The number of benzene rings is 2. The normalized spacial score (nSPS) is 10.8. The van der Waals surface area contributed by atoms with Crippen molar-refractivity contribution in [2.24, 2.45) is 0 Å². The molecule has 9 nitrogen and oxygen atoms in total. The average molecular weight is 486 g/mol. The van der Waals surface area contributed by atoms with Crippen LogP contribution in [0, 0.1) is 0 Å². The van der Waals surface area contributed by atoms with Gasteiger partial charge in [0, 0.05) is 0 Å². The number of nitrogens with zero attached hydrogens (tertiary/aromatic N) is 3. The number of nitrogens with two attached hydrogens (primary N) is 1. The number of nitrogens with one attached hydrogen (secondary N) is 1. The number of carbonyl (C=O) groups is 1. The monoisotopic (exact) mass is 485 g/mol. The number of amides is 1. The molecule has 1 heterocycles. The number of hydrogen-bond donors (Lipinski definition) is 2. The molecule has 1 aromatic heterocycles. The molecule has 0 saturated heterocycles. The third-order valence-corrected chi connectivity index (χ3v) is 5.75. The van der Waals surface area contributed by atoms with E-state index in [1.54, 1.807) is 0 Å². The van der Waals surface area contributed by atoms with E-state index < -0.39 is 0 Å². The Morgan fingerprint density at radius 1 is 1.00 bits per heavy atom. The molecular formula is C24H31N5O4S. The van der Waals surface area contributed by atoms with Gasteiger partial charge in [-0.05, 0) is 54.8 Å². The van der Waals surface area contributed by atoms with Crippen LogP contribution in [0.15, 0.2) is 53.7 Å². The lowest BCUT2D eigenvalue weighted by atomic mass is 10.0. The van der Waals surface area contributed by atoms with Crippen LogP contribution in [-0.2, 0) is 11.4 Å². The van der Waals surface area contributed by atoms with Crippen molar-refractivity contribution in [1.29, 1.82) is 0 Å². The first kappa shape index (κ1) is 25.2. The first-order chi connectivity index (χ1) is 16.5. The number of thioether (sulfide) groups is 1. The van der Waals surface area contributed by atoms with Gasteiger partial charge < -0.3 is 25.4 Å². The van der Waals surface area contributed by atoms with Gasteiger partial charge in [0.25, 0.3) is 0 Å². The molecule has 0 unspecified atom stereocenters. The molecule has 2 aromatic carbocycles. The predicted molar refractivity (Wildman–Crippen MR) is 132 cm³/mol. The van der Waals surface area contributed by atoms with E-state index in [-0.39, 0.29) is 18.3 Å². The molecule has 0 aliphatic heterocycles. The molecule has 0 aliphatic carbocycles. The lowest BCUT2D eigenvalue weighted by molar-refractivity contribution is -0.118. The molecule has 182 valence electrons. The molecule has 3 aromatic rings. The summed E-state index contributed by atoms with van der Waals surface area (Å²) in [7, 11) is 0. The average Bonchev–Trinajstić information content (AvgIpc) is 3.19. The summed E-state index contributed by atoms with van der Waals surface area (Å²) in [6.45, 7) is 7.76. The second-order valence-electron chi connectivity index (χ2n) is 7.67. The van der Waals surface area contributed by atoms with E-state index in [1.165, 1.54) is 22.0 Å². The van der Waals surface area contributed by atoms with Crippen LogP contribution in [0.3, 0.4) is 0 Å². The van der Waals surface area contributed by atoms with Crippen LogP contribution < -0.4 is 25.4 Å². The van der Waals surface area contributed by atoms with Crippen molar-refractivity contribution >= 4 is 17.7 Å². The van der Waals surface area contributed by atoms with E-state index >= 15 is 0 Å². The van der Waals surface area contributed by atoms with Crippen LogP contribution in [-0.4, -0.2) is 46.3 Å². The molecule has 1 amide bonds. The Labute approximate surface area is 204 Å². The van der Waals surface area contributed by atoms with E-state index in [0.29, 0.717) is 42.4 Å². The molecule has 0 spiro atoms. The van der Waals surface area contributed by atoms with Gasteiger partial charge in [0.2, 0.25) is 11.1 Å². The van der Waals surface area contributed by atoms with Crippen LogP contribution in [0.25, 0.3) is 0 Å². The maximum absolute atomic E-state index is 12.1. The summed E-state index contributed by atoms with van der Waals surface area (Å²) in [5, 5.41) is 11.4. The van der Waals surface area contributed by atoms with Crippen LogP contribution in [0.5, 0.6) is 17.2 Å². The molecule has 0 saturated carbocycles. The van der Waals surface area contributed by atoms with Crippen molar-refractivity contribution in [1.82, 2.24) is 20.2 Å². The van der Waals surface area contributed by atoms with Crippen molar-refractivity contribution in [3.63, 3.8) is 0 Å². The van der Waals surface area contributed by atoms with E-state index in [1.807, 2.05) is 55.5 Å². The maximum Gasteiger partial charge on any atom is 0.230 e. The summed E-state index contributed by atoms with van der Waals surface area (Å²) in [5.41, 5.74) is 1.24. The van der Waals surface area contributed by atoms with Gasteiger partial charge in [-0.3, -0.25) is 4.79 Å². The Hall–Kier alpha value is -3.40. The number of aromatic nitrogens is 3. The van der Waals surface area contributed by atoms with Crippen molar-refractivity contribution in [3.8, 4) is 17.2 Å². The molecule has 0 bridgehead atoms. The molecule has 0 radical (unpaired) electrons. The fourth-order valence-corrected chi connectivity index (χ4v) is 3.65. The minimum absolute atomic E-state index is 0.147. The number of hydrogen-bond acceptors (Lipinski definition) is 8. The van der Waals surface area contributed by atoms with Gasteiger partial charge in [0.1, 0.15) is 30.5 Å². The second kappa shape index (κ2) is 12.7. The highest BCUT2D eigenvalue weighted by molar-refractivity contribution is 7.99. The first-order valence-electron chi connectivity index (χ1n) is 11.1. The van der Waals surface area contributed by atoms with Crippen molar-refractivity contribution in [2.45, 2.75) is 38.5 Å². The van der Waals surface area contributed by atoms with Gasteiger partial charge in [-0.1, -0.05) is 37.7 Å². The van der Waals surface area contributed by atoms with Crippen LogP contribution in [0.1, 0.15) is 38.1 Å². The summed E-state index contributed by atoms with van der Waals surface area (Å²) in [4.78, 5) is 12.1. The number of rotatable bonds is 13. The minimum Gasteiger partial charge on any atom is -0.494 e. The smallest absolute Gasteiger partial charge is 0.230 e.